The van der Waals surface area contributed by atoms with Gasteiger partial charge in [0.15, 0.2) is 0 Å². The van der Waals surface area contributed by atoms with E-state index in [9.17, 15) is 9.70 Å². The normalized spacial score (nSPS) is 10.2. The van der Waals surface area contributed by atoms with Crippen LogP contribution in [0, 0.1) is 4.91 Å². The van der Waals surface area contributed by atoms with Crippen LogP contribution in [0.1, 0.15) is 17.0 Å². The van der Waals surface area contributed by atoms with Crippen molar-refractivity contribution in [2.75, 3.05) is 0 Å². The molecule has 6 nitrogen and oxygen atoms in total. The second-order valence-corrected chi connectivity index (χ2v) is 4.47. The van der Waals surface area contributed by atoms with E-state index in [1.165, 1.54) is 6.20 Å². The van der Waals surface area contributed by atoms with E-state index in [0.29, 0.717) is 23.5 Å². The van der Waals surface area contributed by atoms with Crippen molar-refractivity contribution in [1.29, 1.82) is 0 Å². The summed E-state index contributed by atoms with van der Waals surface area (Å²) in [6.45, 7) is 0. The van der Waals surface area contributed by atoms with Gasteiger partial charge in [-0.05, 0) is 22.9 Å². The zero-order valence-electron chi connectivity index (χ0n) is 10.3. The lowest BCUT2D eigenvalue weighted by atomic mass is 10.1. The van der Waals surface area contributed by atoms with Gasteiger partial charge < -0.3 is 5.11 Å². The molecule has 7 heteroatoms. The van der Waals surface area contributed by atoms with Gasteiger partial charge in [-0.2, -0.15) is 0 Å². The van der Waals surface area contributed by atoms with Crippen molar-refractivity contribution in [1.82, 2.24) is 9.97 Å². The number of hydrogen-bond donors (Lipinski definition) is 1. The highest BCUT2D eigenvalue weighted by atomic mass is 35.5. The van der Waals surface area contributed by atoms with Crippen molar-refractivity contribution in [2.45, 2.75) is 12.8 Å². The van der Waals surface area contributed by atoms with Crippen molar-refractivity contribution in [2.24, 2.45) is 5.18 Å². The van der Waals surface area contributed by atoms with Crippen LogP contribution in [0.2, 0.25) is 5.15 Å². The van der Waals surface area contributed by atoms with Crippen molar-refractivity contribution >= 4 is 23.3 Å². The number of hydrogen-bond acceptors (Lipinski definition) is 5. The van der Waals surface area contributed by atoms with Crippen LogP contribution in [0.4, 0.5) is 5.69 Å². The molecule has 0 aliphatic carbocycles. The first-order valence-corrected chi connectivity index (χ1v) is 6.10. The standard InChI is InChI=1S/C13H10ClN3O3/c14-13-9(6-12(18)19)7-15-11(16-13)5-8-1-3-10(17-20)4-2-8/h1-4,7H,5-6H2,(H,18,19). The van der Waals surface area contributed by atoms with Gasteiger partial charge in [0.1, 0.15) is 16.7 Å². The molecule has 0 unspecified atom stereocenters. The highest BCUT2D eigenvalue weighted by Gasteiger charge is 2.09. The number of rotatable bonds is 5. The fourth-order valence-corrected chi connectivity index (χ4v) is 1.86. The Morgan fingerprint density at radius 1 is 1.30 bits per heavy atom. The molecular formula is C13H10ClN3O3. The van der Waals surface area contributed by atoms with Crippen LogP contribution in [-0.4, -0.2) is 21.0 Å². The molecule has 0 saturated heterocycles. The summed E-state index contributed by atoms with van der Waals surface area (Å²) >= 11 is 5.92. The van der Waals surface area contributed by atoms with Gasteiger partial charge in [0.05, 0.1) is 6.42 Å². The van der Waals surface area contributed by atoms with E-state index in [4.69, 9.17) is 16.7 Å². The number of carboxylic acids is 1. The molecule has 1 aromatic carbocycles. The van der Waals surface area contributed by atoms with Crippen LogP contribution >= 0.6 is 11.6 Å². The minimum absolute atomic E-state index is 0.142. The molecule has 1 heterocycles. The first kappa shape index (κ1) is 14.1. The average Bonchev–Trinajstić information content (AvgIpc) is 2.42. The zero-order valence-corrected chi connectivity index (χ0v) is 11.0. The molecule has 0 fully saturated rings. The fourth-order valence-electron chi connectivity index (χ4n) is 1.64. The summed E-state index contributed by atoms with van der Waals surface area (Å²) in [5.74, 6) is -0.504. The number of halogens is 1. The van der Waals surface area contributed by atoms with Crippen LogP contribution in [0.15, 0.2) is 35.6 Å². The third kappa shape index (κ3) is 3.58. The highest BCUT2D eigenvalue weighted by Crippen LogP contribution is 2.17. The Morgan fingerprint density at radius 2 is 2.00 bits per heavy atom. The molecule has 1 N–H and O–H groups in total. The molecule has 1 aromatic heterocycles. The molecule has 2 rings (SSSR count). The monoisotopic (exact) mass is 291 g/mol. The van der Waals surface area contributed by atoms with Gasteiger partial charge in [0.2, 0.25) is 0 Å². The van der Waals surface area contributed by atoms with Crippen LogP contribution in [-0.2, 0) is 17.6 Å². The minimum Gasteiger partial charge on any atom is -0.481 e. The highest BCUT2D eigenvalue weighted by molar-refractivity contribution is 6.30. The number of nitroso groups, excluding NO2 is 1. The lowest BCUT2D eigenvalue weighted by Gasteiger charge is -2.04. The van der Waals surface area contributed by atoms with Crippen molar-refractivity contribution in [3.63, 3.8) is 0 Å². The molecule has 2 aromatic rings. The van der Waals surface area contributed by atoms with E-state index in [2.05, 4.69) is 15.1 Å². The maximum absolute atomic E-state index is 10.6. The number of nitrogens with zero attached hydrogens (tertiary/aromatic N) is 3. The molecule has 0 amide bonds. The Kier molecular flexibility index (Phi) is 4.37. The summed E-state index contributed by atoms with van der Waals surface area (Å²) in [6.07, 6.45) is 1.64. The maximum atomic E-state index is 10.6. The van der Waals surface area contributed by atoms with Gasteiger partial charge in [0, 0.05) is 18.2 Å². The fraction of sp³-hybridized carbons (Fsp3) is 0.154. The van der Waals surface area contributed by atoms with Gasteiger partial charge in [-0.3, -0.25) is 4.79 Å². The first-order valence-electron chi connectivity index (χ1n) is 5.73. The van der Waals surface area contributed by atoms with E-state index < -0.39 is 5.97 Å². The lowest BCUT2D eigenvalue weighted by molar-refractivity contribution is -0.136. The van der Waals surface area contributed by atoms with E-state index >= 15 is 0 Å². The Morgan fingerprint density at radius 3 is 2.55 bits per heavy atom. The van der Waals surface area contributed by atoms with Crippen LogP contribution < -0.4 is 0 Å². The van der Waals surface area contributed by atoms with Gasteiger partial charge in [-0.1, -0.05) is 23.7 Å². The molecule has 0 aliphatic rings. The van der Waals surface area contributed by atoms with Crippen molar-refractivity contribution in [3.05, 3.63) is 57.5 Å². The van der Waals surface area contributed by atoms with Crippen LogP contribution in [0.5, 0.6) is 0 Å². The second kappa shape index (κ2) is 6.21. The number of aromatic nitrogens is 2. The molecule has 0 bridgehead atoms. The van der Waals surface area contributed by atoms with Crippen molar-refractivity contribution in [3.8, 4) is 0 Å². The summed E-state index contributed by atoms with van der Waals surface area (Å²) < 4.78 is 0. The summed E-state index contributed by atoms with van der Waals surface area (Å²) in [4.78, 5) is 29.1. The predicted molar refractivity (Wildman–Crippen MR) is 73.1 cm³/mol. The number of carbonyl (C=O) groups is 1. The van der Waals surface area contributed by atoms with E-state index in [1.807, 2.05) is 0 Å². The lowest BCUT2D eigenvalue weighted by Crippen LogP contribution is -2.05. The third-order valence-corrected chi connectivity index (χ3v) is 2.93. The number of benzene rings is 1. The minimum atomic E-state index is -0.986. The van der Waals surface area contributed by atoms with Gasteiger partial charge in [-0.25, -0.2) is 9.97 Å². The molecule has 0 atom stereocenters. The molecule has 0 aliphatic heterocycles. The zero-order chi connectivity index (χ0) is 14.5. The molecule has 102 valence electrons. The Bertz CT molecular complexity index is 644. The summed E-state index contributed by atoms with van der Waals surface area (Å²) in [5, 5.41) is 11.7. The maximum Gasteiger partial charge on any atom is 0.307 e. The largest absolute Gasteiger partial charge is 0.481 e. The molecular weight excluding hydrogens is 282 g/mol. The molecule has 0 saturated carbocycles. The van der Waals surface area contributed by atoms with E-state index in [-0.39, 0.29) is 11.6 Å². The van der Waals surface area contributed by atoms with E-state index in [0.717, 1.165) is 5.56 Å². The Labute approximate surface area is 119 Å². The topological polar surface area (TPSA) is 92.5 Å². The molecule has 0 spiro atoms. The SMILES string of the molecule is O=Nc1ccc(Cc2ncc(CC(=O)O)c(Cl)n2)cc1. The van der Waals surface area contributed by atoms with Gasteiger partial charge in [-0.15, -0.1) is 4.91 Å². The average molecular weight is 292 g/mol. The second-order valence-electron chi connectivity index (χ2n) is 4.11. The Hall–Kier alpha value is -2.34. The van der Waals surface area contributed by atoms with Crippen molar-refractivity contribution < 1.29 is 9.90 Å². The van der Waals surface area contributed by atoms with Crippen LogP contribution in [0.3, 0.4) is 0 Å². The quantitative estimate of drug-likeness (QED) is 0.675. The third-order valence-electron chi connectivity index (χ3n) is 2.61. The van der Waals surface area contributed by atoms with Gasteiger partial charge >= 0.3 is 5.97 Å². The van der Waals surface area contributed by atoms with Gasteiger partial charge in [0.25, 0.3) is 0 Å². The summed E-state index contributed by atoms with van der Waals surface area (Å²) in [6, 6.07) is 6.70. The summed E-state index contributed by atoms with van der Waals surface area (Å²) in [5.41, 5.74) is 1.63. The predicted octanol–water partition coefficient (Wildman–Crippen LogP) is 2.75. The number of aliphatic carboxylic acids is 1. The summed E-state index contributed by atoms with van der Waals surface area (Å²) in [7, 11) is 0. The smallest absolute Gasteiger partial charge is 0.307 e. The Balaban J connectivity index is 2.14. The molecule has 0 radical (unpaired) electrons. The first-order chi connectivity index (χ1) is 9.58. The van der Waals surface area contributed by atoms with E-state index in [1.54, 1.807) is 24.3 Å². The molecule has 20 heavy (non-hydrogen) atoms. The van der Waals surface area contributed by atoms with Crippen LogP contribution in [0.25, 0.3) is 0 Å². The number of carboxylic acid groups (broad SMARTS) is 1.